The minimum absolute atomic E-state index is 0.673. The molecule has 11 nitrogen and oxygen atoms in total. The highest BCUT2D eigenvalue weighted by molar-refractivity contribution is 5.72. The monoisotopic (exact) mass is 328 g/mol. The van der Waals surface area contributed by atoms with Crippen molar-refractivity contribution < 1.29 is 55.1 Å². The molecule has 0 saturated carbocycles. The van der Waals surface area contributed by atoms with Gasteiger partial charge in [-0.25, -0.2) is 4.79 Å². The number of carboxylic acid groups (broad SMARTS) is 1. The van der Waals surface area contributed by atoms with E-state index in [2.05, 4.69) is 0 Å². The Balaban J connectivity index is 2.57. The van der Waals surface area contributed by atoms with Gasteiger partial charge in [0, 0.05) is 0 Å². The van der Waals surface area contributed by atoms with Crippen LogP contribution < -0.4 is 0 Å². The van der Waals surface area contributed by atoms with Crippen molar-refractivity contribution in [1.29, 1.82) is 0 Å². The van der Waals surface area contributed by atoms with E-state index in [1.165, 1.54) is 0 Å². The van der Waals surface area contributed by atoms with Gasteiger partial charge in [-0.15, -0.1) is 0 Å². The predicted molar refractivity (Wildman–Crippen MR) is 65.4 cm³/mol. The molecule has 0 radical (unpaired) electrons. The van der Waals surface area contributed by atoms with Gasteiger partial charge in [0.25, 0.3) is 0 Å². The van der Waals surface area contributed by atoms with Crippen LogP contribution in [0, 0.1) is 0 Å². The van der Waals surface area contributed by atoms with Crippen LogP contribution in [0.4, 0.5) is 0 Å². The lowest BCUT2D eigenvalue weighted by atomic mass is 9.99. The predicted octanol–water partition coefficient (Wildman–Crippen LogP) is -5.03. The molecule has 1 saturated heterocycles. The number of carboxylic acids is 1. The van der Waals surface area contributed by atoms with Crippen molar-refractivity contribution in [1.82, 2.24) is 0 Å². The summed E-state index contributed by atoms with van der Waals surface area (Å²) in [6, 6.07) is 0. The number of aliphatic hydroxyl groups excluding tert-OH is 7. The van der Waals surface area contributed by atoms with E-state index in [0.717, 1.165) is 0 Å². The molecule has 0 aliphatic carbocycles. The number of rotatable bonds is 7. The Labute approximate surface area is 124 Å². The molecule has 1 heterocycles. The van der Waals surface area contributed by atoms with Gasteiger partial charge >= 0.3 is 5.97 Å². The number of hydrogen-bond donors (Lipinski definition) is 8. The maximum atomic E-state index is 10.4. The van der Waals surface area contributed by atoms with Crippen LogP contribution in [0.15, 0.2) is 0 Å². The molecular weight excluding hydrogens is 308 g/mol. The lowest BCUT2D eigenvalue weighted by Crippen LogP contribution is -2.59. The zero-order valence-electron chi connectivity index (χ0n) is 11.3. The first-order chi connectivity index (χ1) is 10.2. The topological polar surface area (TPSA) is 197 Å². The molecule has 0 bridgehead atoms. The zero-order chi connectivity index (χ0) is 17.0. The van der Waals surface area contributed by atoms with Gasteiger partial charge in [-0.1, -0.05) is 0 Å². The van der Waals surface area contributed by atoms with Crippen molar-refractivity contribution in [3.05, 3.63) is 0 Å². The van der Waals surface area contributed by atoms with Gasteiger partial charge in [0.15, 0.2) is 12.4 Å². The fourth-order valence-electron chi connectivity index (χ4n) is 1.85. The standard InChI is InChI=1S/C11H20O11/c12-1-4-6(15)7(16)9(18)11(22-4)21-2-3(13)5(14)8(17)10(19)20/h3-9,11-18H,1-2H2,(H,19,20)/t3-,4-,5-,6-,7+,8+,9-,11?/m1/s1. The smallest absolute Gasteiger partial charge is 0.335 e. The largest absolute Gasteiger partial charge is 0.479 e. The van der Waals surface area contributed by atoms with Gasteiger partial charge in [-0.2, -0.15) is 0 Å². The average molecular weight is 328 g/mol. The highest BCUT2D eigenvalue weighted by atomic mass is 16.7. The van der Waals surface area contributed by atoms with Crippen LogP contribution >= 0.6 is 0 Å². The molecule has 0 aromatic heterocycles. The van der Waals surface area contributed by atoms with E-state index < -0.39 is 68.2 Å². The van der Waals surface area contributed by atoms with Crippen LogP contribution in [0.25, 0.3) is 0 Å². The molecule has 1 fully saturated rings. The van der Waals surface area contributed by atoms with Crippen LogP contribution in [0.2, 0.25) is 0 Å². The lowest BCUT2D eigenvalue weighted by molar-refractivity contribution is -0.306. The van der Waals surface area contributed by atoms with E-state index in [1.807, 2.05) is 0 Å². The Morgan fingerprint density at radius 3 is 2.18 bits per heavy atom. The maximum Gasteiger partial charge on any atom is 0.335 e. The van der Waals surface area contributed by atoms with Crippen molar-refractivity contribution in [3.8, 4) is 0 Å². The molecule has 1 aliphatic rings. The Kier molecular flexibility index (Phi) is 7.05. The Morgan fingerprint density at radius 1 is 1.09 bits per heavy atom. The third kappa shape index (κ3) is 4.32. The molecule has 0 amide bonds. The number of ether oxygens (including phenoxy) is 2. The fourth-order valence-corrected chi connectivity index (χ4v) is 1.85. The molecule has 8 atom stereocenters. The van der Waals surface area contributed by atoms with Crippen LogP contribution in [0.5, 0.6) is 0 Å². The van der Waals surface area contributed by atoms with Gasteiger partial charge in [-0.3, -0.25) is 0 Å². The van der Waals surface area contributed by atoms with E-state index in [1.54, 1.807) is 0 Å². The molecule has 8 N–H and O–H groups in total. The zero-order valence-corrected chi connectivity index (χ0v) is 11.3. The third-order valence-electron chi connectivity index (χ3n) is 3.25. The van der Waals surface area contributed by atoms with Crippen molar-refractivity contribution in [2.24, 2.45) is 0 Å². The molecule has 0 aromatic rings. The summed E-state index contributed by atoms with van der Waals surface area (Å²) in [7, 11) is 0. The van der Waals surface area contributed by atoms with E-state index in [-0.39, 0.29) is 0 Å². The minimum atomic E-state index is -2.24. The summed E-state index contributed by atoms with van der Waals surface area (Å²) in [5, 5.41) is 74.0. The van der Waals surface area contributed by atoms with Gasteiger partial charge in [-0.05, 0) is 0 Å². The van der Waals surface area contributed by atoms with Crippen molar-refractivity contribution in [3.63, 3.8) is 0 Å². The number of carbonyl (C=O) groups is 1. The summed E-state index contributed by atoms with van der Waals surface area (Å²) in [6.45, 7) is -1.41. The van der Waals surface area contributed by atoms with Crippen molar-refractivity contribution in [2.75, 3.05) is 13.2 Å². The number of aliphatic hydroxyl groups is 7. The van der Waals surface area contributed by atoms with Crippen molar-refractivity contribution >= 4 is 5.97 Å². The van der Waals surface area contributed by atoms with Gasteiger partial charge < -0.3 is 50.3 Å². The lowest BCUT2D eigenvalue weighted by Gasteiger charge is -2.39. The average Bonchev–Trinajstić information content (AvgIpc) is 2.50. The van der Waals surface area contributed by atoms with Gasteiger partial charge in [0.05, 0.1) is 13.2 Å². The van der Waals surface area contributed by atoms with E-state index >= 15 is 0 Å². The molecule has 0 spiro atoms. The van der Waals surface area contributed by atoms with E-state index in [9.17, 15) is 30.3 Å². The van der Waals surface area contributed by atoms with Crippen LogP contribution in [-0.2, 0) is 14.3 Å². The molecule has 130 valence electrons. The second kappa shape index (κ2) is 8.10. The molecule has 11 heteroatoms. The fraction of sp³-hybridized carbons (Fsp3) is 0.909. The molecule has 1 aliphatic heterocycles. The van der Waals surface area contributed by atoms with Crippen LogP contribution in [0.1, 0.15) is 0 Å². The first-order valence-electron chi connectivity index (χ1n) is 6.39. The van der Waals surface area contributed by atoms with Crippen LogP contribution in [0.3, 0.4) is 0 Å². The van der Waals surface area contributed by atoms with E-state index in [4.69, 9.17) is 24.8 Å². The van der Waals surface area contributed by atoms with Gasteiger partial charge in [0.1, 0.15) is 36.6 Å². The Morgan fingerprint density at radius 2 is 1.68 bits per heavy atom. The maximum absolute atomic E-state index is 10.4. The molecular formula is C11H20O11. The summed E-state index contributed by atoms with van der Waals surface area (Å²) in [6.07, 6.45) is -13.8. The normalized spacial score (nSPS) is 36.6. The molecule has 0 aromatic carbocycles. The highest BCUT2D eigenvalue weighted by Gasteiger charge is 2.44. The Hall–Kier alpha value is -0.890. The van der Waals surface area contributed by atoms with Crippen molar-refractivity contribution in [2.45, 2.75) is 49.0 Å². The first-order valence-corrected chi connectivity index (χ1v) is 6.39. The van der Waals surface area contributed by atoms with E-state index in [0.29, 0.717) is 0 Å². The van der Waals surface area contributed by atoms with Gasteiger partial charge in [0.2, 0.25) is 0 Å². The van der Waals surface area contributed by atoms with Crippen LogP contribution in [-0.4, -0.2) is 109 Å². The molecule has 1 unspecified atom stereocenters. The molecule has 22 heavy (non-hydrogen) atoms. The quantitative estimate of drug-likeness (QED) is 0.222. The summed E-state index contributed by atoms with van der Waals surface area (Å²) in [4.78, 5) is 10.4. The number of hydrogen-bond acceptors (Lipinski definition) is 10. The first kappa shape index (κ1) is 19.2. The SMILES string of the molecule is O=C(O)[C@@H](O)[C@H](O)[C@H](O)COC1O[C@H](CO)[C@@H](O)[C@H](O)[C@H]1O. The second-order valence-electron chi connectivity index (χ2n) is 4.87. The number of aliphatic carboxylic acids is 1. The Bertz CT molecular complexity index is 362. The summed E-state index contributed by atoms with van der Waals surface area (Å²) >= 11 is 0. The summed E-state index contributed by atoms with van der Waals surface area (Å²) < 4.78 is 9.86. The summed E-state index contributed by atoms with van der Waals surface area (Å²) in [5.41, 5.74) is 0. The molecule has 1 rings (SSSR count). The summed E-state index contributed by atoms with van der Waals surface area (Å²) in [5.74, 6) is -1.75. The highest BCUT2D eigenvalue weighted by Crippen LogP contribution is 2.22. The third-order valence-corrected chi connectivity index (χ3v) is 3.25. The minimum Gasteiger partial charge on any atom is -0.479 e. The second-order valence-corrected chi connectivity index (χ2v) is 4.87.